The van der Waals surface area contributed by atoms with Crippen molar-refractivity contribution in [1.29, 1.82) is 0 Å². The van der Waals surface area contributed by atoms with Crippen LogP contribution in [-0.4, -0.2) is 20.9 Å². The van der Waals surface area contributed by atoms with Gasteiger partial charge in [0.1, 0.15) is 5.56 Å². The summed E-state index contributed by atoms with van der Waals surface area (Å²) in [5.74, 6) is -0.580. The Kier molecular flexibility index (Phi) is 5.38. The molecule has 0 fully saturated rings. The maximum atomic E-state index is 11.7. The third kappa shape index (κ3) is 4.38. The van der Waals surface area contributed by atoms with Crippen molar-refractivity contribution in [1.82, 2.24) is 9.78 Å². The van der Waals surface area contributed by atoms with Crippen LogP contribution in [0.15, 0.2) is 24.3 Å². The minimum Gasteiger partial charge on any atom is -0.478 e. The molecule has 0 aliphatic rings. The predicted molar refractivity (Wildman–Crippen MR) is 97.2 cm³/mol. The fourth-order valence-electron chi connectivity index (χ4n) is 3.29. The molecule has 24 heavy (non-hydrogen) atoms. The molecule has 0 aliphatic carbocycles. The van der Waals surface area contributed by atoms with Gasteiger partial charge < -0.3 is 5.11 Å². The molecule has 0 radical (unpaired) electrons. The van der Waals surface area contributed by atoms with Crippen LogP contribution in [0.4, 0.5) is 0 Å². The highest BCUT2D eigenvalue weighted by Crippen LogP contribution is 2.28. The molecule has 0 saturated heterocycles. The largest absolute Gasteiger partial charge is 0.478 e. The van der Waals surface area contributed by atoms with Crippen LogP contribution in [0, 0.1) is 18.3 Å². The molecule has 0 aliphatic heterocycles. The van der Waals surface area contributed by atoms with E-state index in [0.717, 1.165) is 12.1 Å². The standard InChI is InChI=1S/C19H25ClN2O2/c1-12(11-19(3,4)5)9-16-17(18(23)24)13(2)22(21-16)15-8-6-7-14(20)10-15/h6-8,10,12H,9,11H2,1-5H3,(H,23,24). The topological polar surface area (TPSA) is 55.1 Å². The van der Waals surface area contributed by atoms with E-state index in [1.165, 1.54) is 0 Å². The van der Waals surface area contributed by atoms with Gasteiger partial charge in [0.05, 0.1) is 17.1 Å². The molecular weight excluding hydrogens is 324 g/mol. The van der Waals surface area contributed by atoms with Gasteiger partial charge in [0.2, 0.25) is 0 Å². The molecular formula is C19H25ClN2O2. The minimum absolute atomic E-state index is 0.202. The second-order valence-electron chi connectivity index (χ2n) is 7.68. The number of aromatic nitrogens is 2. The Bertz CT molecular complexity index is 744. The highest BCUT2D eigenvalue weighted by Gasteiger charge is 2.24. The quantitative estimate of drug-likeness (QED) is 0.813. The van der Waals surface area contributed by atoms with Gasteiger partial charge in [0.15, 0.2) is 0 Å². The number of rotatable bonds is 5. The van der Waals surface area contributed by atoms with E-state index in [2.05, 4.69) is 32.8 Å². The van der Waals surface area contributed by atoms with Gasteiger partial charge in [-0.3, -0.25) is 0 Å². The monoisotopic (exact) mass is 348 g/mol. The van der Waals surface area contributed by atoms with Crippen LogP contribution in [0.1, 0.15) is 55.9 Å². The molecule has 2 aromatic rings. The van der Waals surface area contributed by atoms with Crippen molar-refractivity contribution in [2.45, 2.75) is 47.5 Å². The molecule has 0 amide bonds. The van der Waals surface area contributed by atoms with Gasteiger partial charge >= 0.3 is 5.97 Å². The first-order valence-electron chi connectivity index (χ1n) is 8.16. The molecule has 2 rings (SSSR count). The molecule has 1 aromatic carbocycles. The lowest BCUT2D eigenvalue weighted by atomic mass is 9.83. The minimum atomic E-state index is -0.932. The fraction of sp³-hybridized carbons (Fsp3) is 0.474. The summed E-state index contributed by atoms with van der Waals surface area (Å²) in [6, 6.07) is 7.28. The van der Waals surface area contributed by atoms with Gasteiger partial charge in [-0.2, -0.15) is 5.10 Å². The average Bonchev–Trinajstić information content (AvgIpc) is 2.73. The van der Waals surface area contributed by atoms with Crippen LogP contribution in [0.2, 0.25) is 5.02 Å². The lowest BCUT2D eigenvalue weighted by molar-refractivity contribution is 0.0694. The number of carbonyl (C=O) groups is 1. The van der Waals surface area contributed by atoms with Crippen molar-refractivity contribution in [2.75, 3.05) is 0 Å². The van der Waals surface area contributed by atoms with Crippen molar-refractivity contribution in [2.24, 2.45) is 11.3 Å². The first-order valence-corrected chi connectivity index (χ1v) is 8.54. The van der Waals surface area contributed by atoms with Gasteiger partial charge in [-0.15, -0.1) is 0 Å². The van der Waals surface area contributed by atoms with E-state index in [0.29, 0.717) is 34.3 Å². The Morgan fingerprint density at radius 1 is 1.38 bits per heavy atom. The van der Waals surface area contributed by atoms with Crippen molar-refractivity contribution in [3.63, 3.8) is 0 Å². The number of carboxylic acids is 1. The molecule has 5 heteroatoms. The highest BCUT2D eigenvalue weighted by molar-refractivity contribution is 6.30. The molecule has 1 atom stereocenters. The lowest BCUT2D eigenvalue weighted by Crippen LogP contribution is -2.14. The molecule has 1 unspecified atom stereocenters. The molecule has 0 saturated carbocycles. The number of hydrogen-bond acceptors (Lipinski definition) is 2. The second-order valence-corrected chi connectivity index (χ2v) is 8.11. The third-order valence-electron chi connectivity index (χ3n) is 3.96. The first-order chi connectivity index (χ1) is 11.1. The summed E-state index contributed by atoms with van der Waals surface area (Å²) in [5.41, 5.74) is 2.54. The van der Waals surface area contributed by atoms with E-state index in [-0.39, 0.29) is 5.41 Å². The van der Waals surface area contributed by atoms with Crippen LogP contribution >= 0.6 is 11.6 Å². The fourth-order valence-corrected chi connectivity index (χ4v) is 3.47. The van der Waals surface area contributed by atoms with E-state index in [9.17, 15) is 9.90 Å². The summed E-state index contributed by atoms with van der Waals surface area (Å²) in [5, 5.41) is 14.8. The number of halogens is 1. The smallest absolute Gasteiger partial charge is 0.339 e. The van der Waals surface area contributed by atoms with Crippen LogP contribution in [-0.2, 0) is 6.42 Å². The zero-order valence-electron chi connectivity index (χ0n) is 14.9. The summed E-state index contributed by atoms with van der Waals surface area (Å²) in [7, 11) is 0. The second kappa shape index (κ2) is 6.98. The van der Waals surface area contributed by atoms with Crippen molar-refractivity contribution >= 4 is 17.6 Å². The molecule has 1 heterocycles. The normalized spacial score (nSPS) is 13.1. The van der Waals surface area contributed by atoms with Gasteiger partial charge in [-0.05, 0) is 49.3 Å². The van der Waals surface area contributed by atoms with Gasteiger partial charge in [-0.25, -0.2) is 9.48 Å². The van der Waals surface area contributed by atoms with Crippen molar-refractivity contribution in [3.8, 4) is 5.69 Å². The van der Waals surface area contributed by atoms with Crippen LogP contribution < -0.4 is 0 Å². The Balaban J connectivity index is 2.41. The zero-order chi connectivity index (χ0) is 18.1. The first kappa shape index (κ1) is 18.5. The van der Waals surface area contributed by atoms with Gasteiger partial charge in [-0.1, -0.05) is 45.4 Å². The van der Waals surface area contributed by atoms with E-state index in [1.807, 2.05) is 12.1 Å². The van der Waals surface area contributed by atoms with Crippen LogP contribution in [0.5, 0.6) is 0 Å². The number of benzene rings is 1. The predicted octanol–water partition coefficient (Wildman–Crippen LogP) is 5.15. The number of carboxylic acid groups (broad SMARTS) is 1. The Hall–Kier alpha value is -1.81. The van der Waals surface area contributed by atoms with Crippen LogP contribution in [0.3, 0.4) is 0 Å². The summed E-state index contributed by atoms with van der Waals surface area (Å²) in [6.45, 7) is 10.5. The maximum absolute atomic E-state index is 11.7. The molecule has 0 spiro atoms. The maximum Gasteiger partial charge on any atom is 0.339 e. The zero-order valence-corrected chi connectivity index (χ0v) is 15.7. The van der Waals surface area contributed by atoms with Gasteiger partial charge in [0, 0.05) is 5.02 Å². The summed E-state index contributed by atoms with van der Waals surface area (Å²) >= 11 is 6.06. The number of aromatic carboxylic acids is 1. The Morgan fingerprint density at radius 3 is 2.58 bits per heavy atom. The van der Waals surface area contributed by atoms with Crippen LogP contribution in [0.25, 0.3) is 5.69 Å². The summed E-state index contributed by atoms with van der Waals surface area (Å²) in [6.07, 6.45) is 1.66. The van der Waals surface area contributed by atoms with Gasteiger partial charge in [0.25, 0.3) is 0 Å². The SMILES string of the molecule is Cc1c(C(=O)O)c(CC(C)CC(C)(C)C)nn1-c1cccc(Cl)c1. The Labute approximate surface area is 148 Å². The lowest BCUT2D eigenvalue weighted by Gasteiger charge is -2.22. The van der Waals surface area contributed by atoms with E-state index < -0.39 is 5.97 Å². The molecule has 1 aromatic heterocycles. The Morgan fingerprint density at radius 2 is 2.04 bits per heavy atom. The van der Waals surface area contributed by atoms with E-state index in [4.69, 9.17) is 11.6 Å². The molecule has 1 N–H and O–H groups in total. The number of hydrogen-bond donors (Lipinski definition) is 1. The van der Waals surface area contributed by atoms with E-state index in [1.54, 1.807) is 23.7 Å². The van der Waals surface area contributed by atoms with Crippen molar-refractivity contribution in [3.05, 3.63) is 46.2 Å². The number of nitrogens with zero attached hydrogens (tertiary/aromatic N) is 2. The van der Waals surface area contributed by atoms with E-state index >= 15 is 0 Å². The molecule has 0 bridgehead atoms. The third-order valence-corrected chi connectivity index (χ3v) is 4.19. The highest BCUT2D eigenvalue weighted by atomic mass is 35.5. The molecule has 4 nitrogen and oxygen atoms in total. The average molecular weight is 349 g/mol. The summed E-state index contributed by atoms with van der Waals surface area (Å²) < 4.78 is 1.68. The van der Waals surface area contributed by atoms with Crippen molar-refractivity contribution < 1.29 is 9.90 Å². The molecule has 130 valence electrons. The summed E-state index contributed by atoms with van der Waals surface area (Å²) in [4.78, 5) is 11.7.